The Morgan fingerprint density at radius 2 is 1.88 bits per heavy atom. The number of thioether (sulfide) groups is 1. The topological polar surface area (TPSA) is 55.4 Å². The monoisotopic (exact) mass is 261 g/mol. The van der Waals surface area contributed by atoms with Crippen LogP contribution in [0.2, 0.25) is 0 Å². The standard InChI is InChI=1S/C12H23NO3S/c1-9(17-5)8-13-10(14)6-7-11(15)16-12(2,3)4/h9H,6-8H2,1-5H3,(H,13,14). The smallest absolute Gasteiger partial charge is 0.306 e. The largest absolute Gasteiger partial charge is 0.460 e. The van der Waals surface area contributed by atoms with E-state index in [0.29, 0.717) is 11.8 Å². The molecule has 0 aromatic heterocycles. The minimum absolute atomic E-state index is 0.100. The molecule has 5 heteroatoms. The van der Waals surface area contributed by atoms with Crippen LogP contribution in [0.3, 0.4) is 0 Å². The minimum Gasteiger partial charge on any atom is -0.460 e. The van der Waals surface area contributed by atoms with Gasteiger partial charge in [0.25, 0.3) is 0 Å². The number of amides is 1. The van der Waals surface area contributed by atoms with E-state index in [1.807, 2.05) is 34.0 Å². The molecule has 0 aromatic rings. The van der Waals surface area contributed by atoms with Gasteiger partial charge in [0.2, 0.25) is 5.91 Å². The Kier molecular flexibility index (Phi) is 7.27. The summed E-state index contributed by atoms with van der Waals surface area (Å²) >= 11 is 1.69. The van der Waals surface area contributed by atoms with Crippen LogP contribution in [-0.2, 0) is 14.3 Å². The van der Waals surface area contributed by atoms with E-state index in [9.17, 15) is 9.59 Å². The molecule has 4 nitrogen and oxygen atoms in total. The Hall–Kier alpha value is -0.710. The summed E-state index contributed by atoms with van der Waals surface area (Å²) in [4.78, 5) is 22.8. The quantitative estimate of drug-likeness (QED) is 0.743. The SMILES string of the molecule is CSC(C)CNC(=O)CCC(=O)OC(C)(C)C. The van der Waals surface area contributed by atoms with E-state index in [0.717, 1.165) is 0 Å². The lowest BCUT2D eigenvalue weighted by molar-refractivity contribution is -0.155. The summed E-state index contributed by atoms with van der Waals surface area (Å²) in [7, 11) is 0. The van der Waals surface area contributed by atoms with Crippen molar-refractivity contribution in [2.45, 2.75) is 51.4 Å². The molecular formula is C12H23NO3S. The van der Waals surface area contributed by atoms with Gasteiger partial charge in [-0.2, -0.15) is 11.8 Å². The summed E-state index contributed by atoms with van der Waals surface area (Å²) in [6.07, 6.45) is 2.32. The first kappa shape index (κ1) is 16.3. The van der Waals surface area contributed by atoms with Crippen molar-refractivity contribution in [2.75, 3.05) is 12.8 Å². The van der Waals surface area contributed by atoms with Gasteiger partial charge in [-0.25, -0.2) is 0 Å². The van der Waals surface area contributed by atoms with Gasteiger partial charge in [-0.15, -0.1) is 0 Å². The summed E-state index contributed by atoms with van der Waals surface area (Å²) in [6.45, 7) is 8.11. The van der Waals surface area contributed by atoms with Crippen LogP contribution in [-0.4, -0.2) is 35.5 Å². The fourth-order valence-corrected chi connectivity index (χ4v) is 1.29. The van der Waals surface area contributed by atoms with Crippen LogP contribution in [0.15, 0.2) is 0 Å². The molecule has 1 N–H and O–H groups in total. The van der Waals surface area contributed by atoms with Crippen molar-refractivity contribution in [1.29, 1.82) is 0 Å². The highest BCUT2D eigenvalue weighted by atomic mass is 32.2. The van der Waals surface area contributed by atoms with Crippen LogP contribution < -0.4 is 5.32 Å². The maximum Gasteiger partial charge on any atom is 0.306 e. The van der Waals surface area contributed by atoms with E-state index in [4.69, 9.17) is 4.74 Å². The van der Waals surface area contributed by atoms with Gasteiger partial charge in [-0.3, -0.25) is 9.59 Å². The Morgan fingerprint density at radius 1 is 1.29 bits per heavy atom. The number of esters is 1. The molecule has 0 saturated carbocycles. The van der Waals surface area contributed by atoms with E-state index in [2.05, 4.69) is 5.32 Å². The maximum absolute atomic E-state index is 11.4. The molecular weight excluding hydrogens is 238 g/mol. The normalized spacial score (nSPS) is 13.0. The second-order valence-corrected chi connectivity index (χ2v) is 6.21. The molecule has 0 saturated heterocycles. The Bertz CT molecular complexity index is 261. The first-order chi connectivity index (χ1) is 7.74. The van der Waals surface area contributed by atoms with Gasteiger partial charge in [0.1, 0.15) is 5.60 Å². The van der Waals surface area contributed by atoms with E-state index in [1.54, 1.807) is 11.8 Å². The number of ether oxygens (including phenoxy) is 1. The molecule has 17 heavy (non-hydrogen) atoms. The van der Waals surface area contributed by atoms with Gasteiger partial charge in [-0.1, -0.05) is 6.92 Å². The van der Waals surface area contributed by atoms with Crippen molar-refractivity contribution < 1.29 is 14.3 Å². The van der Waals surface area contributed by atoms with Crippen molar-refractivity contribution >= 4 is 23.6 Å². The molecule has 100 valence electrons. The Labute approximate surface area is 108 Å². The van der Waals surface area contributed by atoms with Crippen molar-refractivity contribution in [1.82, 2.24) is 5.32 Å². The average molecular weight is 261 g/mol. The first-order valence-electron chi connectivity index (χ1n) is 5.76. The molecule has 0 rings (SSSR count). The molecule has 0 aliphatic heterocycles. The average Bonchev–Trinajstić information content (AvgIpc) is 2.20. The molecule has 1 amide bonds. The van der Waals surface area contributed by atoms with Crippen molar-refractivity contribution in [3.63, 3.8) is 0 Å². The van der Waals surface area contributed by atoms with Crippen molar-refractivity contribution in [3.05, 3.63) is 0 Å². The Balaban J connectivity index is 3.74. The number of carbonyl (C=O) groups is 2. The lowest BCUT2D eigenvalue weighted by Gasteiger charge is -2.19. The second kappa shape index (κ2) is 7.58. The molecule has 0 spiro atoms. The third-order valence-electron chi connectivity index (χ3n) is 1.97. The highest BCUT2D eigenvalue weighted by molar-refractivity contribution is 7.99. The summed E-state index contributed by atoms with van der Waals surface area (Å²) in [5.41, 5.74) is -0.485. The molecule has 1 unspecified atom stereocenters. The lowest BCUT2D eigenvalue weighted by atomic mass is 10.2. The van der Waals surface area contributed by atoms with Gasteiger partial charge in [-0.05, 0) is 27.0 Å². The molecule has 0 aliphatic carbocycles. The van der Waals surface area contributed by atoms with Gasteiger partial charge < -0.3 is 10.1 Å². The zero-order valence-corrected chi connectivity index (χ0v) is 12.1. The number of hydrogen-bond donors (Lipinski definition) is 1. The second-order valence-electron chi connectivity index (χ2n) is 4.94. The van der Waals surface area contributed by atoms with E-state index < -0.39 is 5.60 Å². The highest BCUT2D eigenvalue weighted by Gasteiger charge is 2.17. The van der Waals surface area contributed by atoms with Crippen LogP contribution in [0.5, 0.6) is 0 Å². The fraction of sp³-hybridized carbons (Fsp3) is 0.833. The number of rotatable bonds is 6. The zero-order chi connectivity index (χ0) is 13.5. The number of carbonyl (C=O) groups excluding carboxylic acids is 2. The van der Waals surface area contributed by atoms with E-state index in [-0.39, 0.29) is 24.7 Å². The van der Waals surface area contributed by atoms with Gasteiger partial charge in [0.05, 0.1) is 6.42 Å². The number of hydrogen-bond acceptors (Lipinski definition) is 4. The summed E-state index contributed by atoms with van der Waals surface area (Å²) in [5, 5.41) is 3.17. The predicted molar refractivity (Wildman–Crippen MR) is 71.1 cm³/mol. The van der Waals surface area contributed by atoms with Crippen LogP contribution in [0.1, 0.15) is 40.5 Å². The van der Waals surface area contributed by atoms with Crippen LogP contribution in [0.25, 0.3) is 0 Å². The molecule has 0 aliphatic rings. The molecule has 0 aromatic carbocycles. The zero-order valence-electron chi connectivity index (χ0n) is 11.3. The summed E-state index contributed by atoms with van der Waals surface area (Å²) in [5.74, 6) is -0.428. The predicted octanol–water partition coefficient (Wildman–Crippen LogP) is 1.98. The highest BCUT2D eigenvalue weighted by Crippen LogP contribution is 2.09. The van der Waals surface area contributed by atoms with Crippen LogP contribution >= 0.6 is 11.8 Å². The summed E-state index contributed by atoms with van der Waals surface area (Å²) < 4.78 is 5.11. The summed E-state index contributed by atoms with van der Waals surface area (Å²) in [6, 6.07) is 0. The van der Waals surface area contributed by atoms with Crippen molar-refractivity contribution in [2.24, 2.45) is 0 Å². The number of nitrogens with one attached hydrogen (secondary N) is 1. The third-order valence-corrected chi connectivity index (χ3v) is 2.94. The lowest BCUT2D eigenvalue weighted by Crippen LogP contribution is -2.30. The molecule has 0 radical (unpaired) electrons. The molecule has 0 heterocycles. The molecule has 0 fully saturated rings. The Morgan fingerprint density at radius 3 is 2.35 bits per heavy atom. The van der Waals surface area contributed by atoms with Crippen LogP contribution in [0.4, 0.5) is 0 Å². The van der Waals surface area contributed by atoms with Gasteiger partial charge >= 0.3 is 5.97 Å². The van der Waals surface area contributed by atoms with Gasteiger partial charge in [0, 0.05) is 18.2 Å². The van der Waals surface area contributed by atoms with Crippen LogP contribution in [0, 0.1) is 0 Å². The van der Waals surface area contributed by atoms with Gasteiger partial charge in [0.15, 0.2) is 0 Å². The fourth-order valence-electron chi connectivity index (χ4n) is 1.04. The van der Waals surface area contributed by atoms with E-state index >= 15 is 0 Å². The van der Waals surface area contributed by atoms with E-state index in [1.165, 1.54) is 0 Å². The van der Waals surface area contributed by atoms with Crippen molar-refractivity contribution in [3.8, 4) is 0 Å². The minimum atomic E-state index is -0.485. The third kappa shape index (κ3) is 10.2. The molecule has 0 bridgehead atoms. The molecule has 1 atom stereocenters. The first-order valence-corrected chi connectivity index (χ1v) is 7.04. The maximum atomic E-state index is 11.4.